The maximum Gasteiger partial charge on any atom is 0.321 e. The SMILES string of the molecule is CCNC(=O)NC(=O)CN[C@@](C)(CC)c1nccs1. The van der Waals surface area contributed by atoms with Crippen LogP contribution in [-0.2, 0) is 10.3 Å². The van der Waals surface area contributed by atoms with Crippen molar-refractivity contribution >= 4 is 23.3 Å². The minimum absolute atomic E-state index is 0.0705. The molecule has 106 valence electrons. The van der Waals surface area contributed by atoms with Gasteiger partial charge in [0, 0.05) is 18.1 Å². The van der Waals surface area contributed by atoms with Crippen molar-refractivity contribution in [3.63, 3.8) is 0 Å². The van der Waals surface area contributed by atoms with Gasteiger partial charge in [0.2, 0.25) is 5.91 Å². The van der Waals surface area contributed by atoms with Crippen LogP contribution in [0, 0.1) is 0 Å². The maximum atomic E-state index is 11.6. The van der Waals surface area contributed by atoms with E-state index in [1.165, 1.54) is 0 Å². The number of amides is 3. The highest BCUT2D eigenvalue weighted by Crippen LogP contribution is 2.25. The molecule has 0 fully saturated rings. The van der Waals surface area contributed by atoms with Crippen LogP contribution in [0.3, 0.4) is 0 Å². The first-order chi connectivity index (χ1) is 9.01. The number of imide groups is 1. The number of hydrogen-bond acceptors (Lipinski definition) is 5. The second kappa shape index (κ2) is 7.20. The fourth-order valence-corrected chi connectivity index (χ4v) is 2.35. The van der Waals surface area contributed by atoms with Crippen molar-refractivity contribution in [3.8, 4) is 0 Å². The minimum atomic E-state index is -0.471. The summed E-state index contributed by atoms with van der Waals surface area (Å²) in [5.74, 6) is -0.359. The van der Waals surface area contributed by atoms with Crippen molar-refractivity contribution in [3.05, 3.63) is 16.6 Å². The average Bonchev–Trinajstić information content (AvgIpc) is 2.90. The third-order valence-electron chi connectivity index (χ3n) is 2.84. The second-order valence-electron chi connectivity index (χ2n) is 4.28. The van der Waals surface area contributed by atoms with Gasteiger partial charge in [-0.2, -0.15) is 0 Å². The molecule has 1 aromatic heterocycles. The topological polar surface area (TPSA) is 83.1 Å². The third kappa shape index (κ3) is 4.60. The molecular weight excluding hydrogens is 264 g/mol. The van der Waals surface area contributed by atoms with Gasteiger partial charge in [0.15, 0.2) is 0 Å². The van der Waals surface area contributed by atoms with Crippen LogP contribution in [0.5, 0.6) is 0 Å². The highest BCUT2D eigenvalue weighted by Gasteiger charge is 2.27. The van der Waals surface area contributed by atoms with Crippen LogP contribution in [0.1, 0.15) is 32.2 Å². The molecule has 0 aromatic carbocycles. The molecule has 1 rings (SSSR count). The van der Waals surface area contributed by atoms with Gasteiger partial charge in [0.25, 0.3) is 0 Å². The molecule has 0 unspecified atom stereocenters. The largest absolute Gasteiger partial charge is 0.338 e. The van der Waals surface area contributed by atoms with Crippen LogP contribution in [0.4, 0.5) is 4.79 Å². The van der Waals surface area contributed by atoms with Gasteiger partial charge >= 0.3 is 6.03 Å². The minimum Gasteiger partial charge on any atom is -0.338 e. The van der Waals surface area contributed by atoms with Gasteiger partial charge in [-0.05, 0) is 20.3 Å². The molecule has 0 aliphatic heterocycles. The molecule has 0 bridgehead atoms. The predicted molar refractivity (Wildman–Crippen MR) is 75.0 cm³/mol. The number of nitrogens with zero attached hydrogens (tertiary/aromatic N) is 1. The lowest BCUT2D eigenvalue weighted by molar-refractivity contribution is -0.119. The second-order valence-corrected chi connectivity index (χ2v) is 5.18. The van der Waals surface area contributed by atoms with Crippen LogP contribution in [0.15, 0.2) is 11.6 Å². The van der Waals surface area contributed by atoms with Gasteiger partial charge in [0.1, 0.15) is 5.01 Å². The molecule has 7 heteroatoms. The van der Waals surface area contributed by atoms with Gasteiger partial charge in [-0.3, -0.25) is 15.4 Å². The summed E-state index contributed by atoms with van der Waals surface area (Å²) < 4.78 is 0. The number of aromatic nitrogens is 1. The van der Waals surface area contributed by atoms with E-state index >= 15 is 0 Å². The molecule has 0 spiro atoms. The summed E-state index contributed by atoms with van der Waals surface area (Å²) >= 11 is 1.54. The Hall–Kier alpha value is -1.47. The van der Waals surface area contributed by atoms with Crippen LogP contribution < -0.4 is 16.0 Å². The smallest absolute Gasteiger partial charge is 0.321 e. The Morgan fingerprint density at radius 2 is 2.16 bits per heavy atom. The zero-order chi connectivity index (χ0) is 14.3. The number of nitrogens with one attached hydrogen (secondary N) is 3. The zero-order valence-corrected chi connectivity index (χ0v) is 12.3. The van der Waals surface area contributed by atoms with Crippen LogP contribution in [0.2, 0.25) is 0 Å². The summed E-state index contributed by atoms with van der Waals surface area (Å²) in [6.07, 6.45) is 2.54. The Morgan fingerprint density at radius 3 is 2.68 bits per heavy atom. The van der Waals surface area contributed by atoms with Crippen molar-refractivity contribution in [2.75, 3.05) is 13.1 Å². The molecule has 3 N–H and O–H groups in total. The first kappa shape index (κ1) is 15.6. The Kier molecular flexibility index (Phi) is 5.91. The summed E-state index contributed by atoms with van der Waals surface area (Å²) in [6.45, 7) is 6.36. The predicted octanol–water partition coefficient (Wildman–Crippen LogP) is 1.20. The highest BCUT2D eigenvalue weighted by atomic mass is 32.1. The van der Waals surface area contributed by atoms with E-state index < -0.39 is 6.03 Å². The molecule has 0 saturated carbocycles. The normalized spacial score (nSPS) is 13.6. The maximum absolute atomic E-state index is 11.6. The van der Waals surface area contributed by atoms with E-state index in [0.717, 1.165) is 11.4 Å². The van der Waals surface area contributed by atoms with E-state index in [1.807, 2.05) is 19.2 Å². The Bertz CT molecular complexity index is 421. The van der Waals surface area contributed by atoms with E-state index in [9.17, 15) is 9.59 Å². The van der Waals surface area contributed by atoms with Gasteiger partial charge in [-0.15, -0.1) is 11.3 Å². The average molecular weight is 284 g/mol. The summed E-state index contributed by atoms with van der Waals surface area (Å²) in [6, 6.07) is -0.471. The Morgan fingerprint density at radius 1 is 1.42 bits per heavy atom. The molecule has 1 aromatic rings. The van der Waals surface area contributed by atoms with Crippen molar-refractivity contribution < 1.29 is 9.59 Å². The highest BCUT2D eigenvalue weighted by molar-refractivity contribution is 7.09. The number of rotatable bonds is 6. The van der Waals surface area contributed by atoms with Crippen LogP contribution in [0.25, 0.3) is 0 Å². The lowest BCUT2D eigenvalue weighted by atomic mass is 10.00. The fourth-order valence-electron chi connectivity index (χ4n) is 1.50. The zero-order valence-electron chi connectivity index (χ0n) is 11.4. The molecule has 0 aliphatic carbocycles. The molecular formula is C12H20N4O2S. The Balaban J connectivity index is 2.50. The first-order valence-electron chi connectivity index (χ1n) is 6.24. The monoisotopic (exact) mass is 284 g/mol. The van der Waals surface area contributed by atoms with E-state index in [0.29, 0.717) is 6.54 Å². The number of carbonyl (C=O) groups excluding carboxylic acids is 2. The quantitative estimate of drug-likeness (QED) is 0.733. The molecule has 3 amide bonds. The van der Waals surface area contributed by atoms with E-state index in [4.69, 9.17) is 0 Å². The van der Waals surface area contributed by atoms with Gasteiger partial charge in [0.05, 0.1) is 12.1 Å². The lowest BCUT2D eigenvalue weighted by Gasteiger charge is -2.27. The molecule has 0 saturated heterocycles. The molecule has 1 heterocycles. The van der Waals surface area contributed by atoms with E-state index in [2.05, 4.69) is 20.9 Å². The standard InChI is InChI=1S/C12H20N4O2S/c1-4-12(3,10-14-6-7-19-10)15-8-9(17)16-11(18)13-5-2/h6-7,15H,4-5,8H2,1-3H3,(H2,13,16,17,18)/t12-/m0/s1. The van der Waals surface area contributed by atoms with Gasteiger partial charge in [-0.1, -0.05) is 6.92 Å². The first-order valence-corrected chi connectivity index (χ1v) is 7.12. The third-order valence-corrected chi connectivity index (χ3v) is 3.88. The van der Waals surface area contributed by atoms with Crippen molar-refractivity contribution in [1.29, 1.82) is 0 Å². The molecule has 0 aliphatic rings. The van der Waals surface area contributed by atoms with Crippen molar-refractivity contribution in [1.82, 2.24) is 20.9 Å². The van der Waals surface area contributed by atoms with Crippen molar-refractivity contribution in [2.24, 2.45) is 0 Å². The van der Waals surface area contributed by atoms with Gasteiger partial charge < -0.3 is 5.32 Å². The van der Waals surface area contributed by atoms with Crippen LogP contribution >= 0.6 is 11.3 Å². The molecule has 19 heavy (non-hydrogen) atoms. The fraction of sp³-hybridized carbons (Fsp3) is 0.583. The summed E-state index contributed by atoms with van der Waals surface area (Å²) in [7, 11) is 0. The molecule has 0 radical (unpaired) electrons. The Labute approximate surface area is 117 Å². The van der Waals surface area contributed by atoms with E-state index in [1.54, 1.807) is 24.5 Å². The van der Waals surface area contributed by atoms with Gasteiger partial charge in [-0.25, -0.2) is 9.78 Å². The number of hydrogen-bond donors (Lipinski definition) is 3. The van der Waals surface area contributed by atoms with E-state index in [-0.39, 0.29) is 18.0 Å². The summed E-state index contributed by atoms with van der Waals surface area (Å²) in [4.78, 5) is 27.1. The number of thiazole rings is 1. The summed E-state index contributed by atoms with van der Waals surface area (Å²) in [5.41, 5.74) is -0.354. The number of urea groups is 1. The number of carbonyl (C=O) groups is 2. The molecule has 6 nitrogen and oxygen atoms in total. The van der Waals surface area contributed by atoms with Crippen LogP contribution in [-0.4, -0.2) is 30.0 Å². The van der Waals surface area contributed by atoms with Crippen molar-refractivity contribution in [2.45, 2.75) is 32.7 Å². The molecule has 1 atom stereocenters. The lowest BCUT2D eigenvalue weighted by Crippen LogP contribution is -2.48. The summed E-state index contributed by atoms with van der Waals surface area (Å²) in [5, 5.41) is 10.7.